The van der Waals surface area contributed by atoms with Crippen LogP contribution in [-0.2, 0) is 0 Å². The van der Waals surface area contributed by atoms with Gasteiger partial charge in [-0.2, -0.15) is 52.7 Å². The number of hydrogen-bond acceptors (Lipinski definition) is 0. The van der Waals surface area contributed by atoms with E-state index in [1.807, 2.05) is 0 Å². The fraction of sp³-hybridized carbons (Fsp3) is 1.00. The van der Waals surface area contributed by atoms with E-state index in [0.717, 1.165) is 0 Å². The Morgan fingerprint density at radius 2 is 1.00 bits per heavy atom. The second-order valence-corrected chi connectivity index (χ2v) is 7.72. The Balaban J connectivity index is 5.93. The van der Waals surface area contributed by atoms with Crippen LogP contribution in [0.1, 0.15) is 32.6 Å². The molecule has 27 heavy (non-hydrogen) atoms. The zero-order valence-electron chi connectivity index (χ0n) is 13.4. The van der Waals surface area contributed by atoms with Crippen molar-refractivity contribution in [2.45, 2.75) is 66.9 Å². The molecule has 0 spiro atoms. The van der Waals surface area contributed by atoms with E-state index < -0.39 is 65.4 Å². The Morgan fingerprint density at radius 1 is 0.630 bits per heavy atom. The lowest BCUT2D eigenvalue weighted by Crippen LogP contribution is -2.55. The van der Waals surface area contributed by atoms with Crippen LogP contribution < -0.4 is 0 Å². The number of alkyl halides is 14. The highest BCUT2D eigenvalue weighted by Crippen LogP contribution is 2.53. The minimum absolute atomic E-state index is 0.0714. The fourth-order valence-corrected chi connectivity index (χ4v) is 2.86. The second kappa shape index (κ2) is 8.67. The van der Waals surface area contributed by atoms with E-state index in [9.17, 15) is 57.1 Å². The second-order valence-electron chi connectivity index (χ2n) is 5.95. The Hall–Kier alpha value is -0.180. The molecule has 0 N–H and O–H groups in total. The summed E-state index contributed by atoms with van der Waals surface area (Å²) in [6.07, 6.45) is -31.0. The molecule has 0 saturated heterocycles. The van der Waals surface area contributed by atoms with Gasteiger partial charge in [0.2, 0.25) is 0 Å². The van der Waals surface area contributed by atoms with Crippen molar-refractivity contribution >= 4 is 22.6 Å². The van der Waals surface area contributed by atoms with Gasteiger partial charge in [0.1, 0.15) is 0 Å². The van der Waals surface area contributed by atoms with Crippen molar-refractivity contribution < 1.29 is 57.1 Å². The van der Waals surface area contributed by atoms with Gasteiger partial charge in [0, 0.05) is 10.3 Å². The predicted molar refractivity (Wildman–Crippen MR) is 77.0 cm³/mol. The highest BCUT2D eigenvalue weighted by molar-refractivity contribution is 14.1. The first-order valence-corrected chi connectivity index (χ1v) is 8.51. The van der Waals surface area contributed by atoms with Crippen molar-refractivity contribution in [3.05, 3.63) is 0 Å². The van der Waals surface area contributed by atoms with Gasteiger partial charge in [-0.3, -0.25) is 0 Å². The maximum atomic E-state index is 13.6. The van der Waals surface area contributed by atoms with E-state index >= 15 is 0 Å². The highest BCUT2D eigenvalue weighted by atomic mass is 127. The zero-order valence-corrected chi connectivity index (χ0v) is 15.5. The van der Waals surface area contributed by atoms with E-state index in [1.165, 1.54) is 29.5 Å². The summed E-state index contributed by atoms with van der Waals surface area (Å²) < 4.78 is 165. The molecule has 0 heterocycles. The molecule has 0 aromatic heterocycles. The first-order valence-electron chi connectivity index (χ1n) is 7.26. The van der Waals surface area contributed by atoms with Gasteiger partial charge in [0.05, 0.1) is 11.8 Å². The summed E-state index contributed by atoms with van der Waals surface area (Å²) in [6.45, 7) is 1.39. The Labute approximate surface area is 159 Å². The molecule has 14 heteroatoms. The zero-order chi connectivity index (χ0) is 22.1. The molecule has 3 unspecified atom stereocenters. The topological polar surface area (TPSA) is 0 Å². The minimum atomic E-state index is -6.78. The fourth-order valence-electron chi connectivity index (χ4n) is 2.25. The van der Waals surface area contributed by atoms with E-state index in [0.29, 0.717) is 0 Å². The third-order valence-corrected chi connectivity index (χ3v) is 5.29. The van der Waals surface area contributed by atoms with E-state index in [1.54, 1.807) is 0 Å². The van der Waals surface area contributed by atoms with Crippen molar-refractivity contribution in [3.63, 3.8) is 0 Å². The van der Waals surface area contributed by atoms with Crippen LogP contribution in [0, 0.1) is 11.8 Å². The lowest BCUT2D eigenvalue weighted by molar-refractivity contribution is -0.353. The molecule has 0 nitrogen and oxygen atoms in total. The maximum absolute atomic E-state index is 13.6. The highest BCUT2D eigenvalue weighted by Gasteiger charge is 2.74. The van der Waals surface area contributed by atoms with Crippen LogP contribution in [0.2, 0.25) is 0 Å². The largest absolute Gasteiger partial charge is 0.431 e. The summed E-state index contributed by atoms with van der Waals surface area (Å²) in [6, 6.07) is 0. The summed E-state index contributed by atoms with van der Waals surface area (Å²) >= 11 is 1.47. The molecule has 0 bridgehead atoms. The molecule has 0 aliphatic heterocycles. The van der Waals surface area contributed by atoms with Crippen LogP contribution in [0.15, 0.2) is 0 Å². The molecule has 0 aromatic carbocycles. The molecule has 0 aliphatic carbocycles. The third-order valence-electron chi connectivity index (χ3n) is 3.90. The van der Waals surface area contributed by atoms with Gasteiger partial charge in [-0.05, 0) is 19.3 Å². The summed E-state index contributed by atoms with van der Waals surface area (Å²) in [7, 11) is 0. The molecule has 0 amide bonds. The molecule has 0 aliphatic rings. The van der Waals surface area contributed by atoms with Gasteiger partial charge in [-0.15, -0.1) is 0 Å². The molecule has 0 rings (SSSR count). The SMILES string of the molecule is CCC(I)CC(CC(CC(F)(C(F)(F)F)C(F)(F)F)C(F)(F)F)C(F)(F)F. The summed E-state index contributed by atoms with van der Waals surface area (Å²) in [5.41, 5.74) is -6.29. The van der Waals surface area contributed by atoms with Crippen LogP contribution in [0.5, 0.6) is 0 Å². The lowest BCUT2D eigenvalue weighted by atomic mass is 9.82. The van der Waals surface area contributed by atoms with Crippen molar-refractivity contribution in [1.82, 2.24) is 0 Å². The first kappa shape index (κ1) is 26.8. The maximum Gasteiger partial charge on any atom is 0.431 e. The minimum Gasteiger partial charge on any atom is -0.224 e. The van der Waals surface area contributed by atoms with Gasteiger partial charge < -0.3 is 0 Å². The predicted octanol–water partition coefficient (Wildman–Crippen LogP) is 7.56. The summed E-state index contributed by atoms with van der Waals surface area (Å²) in [5, 5.41) is 0. The molecule has 164 valence electrons. The van der Waals surface area contributed by atoms with Gasteiger partial charge in [0.25, 0.3) is 5.67 Å². The van der Waals surface area contributed by atoms with Crippen molar-refractivity contribution in [3.8, 4) is 0 Å². The monoisotopic (exact) mass is 544 g/mol. The van der Waals surface area contributed by atoms with Crippen LogP contribution in [0.3, 0.4) is 0 Å². The smallest absolute Gasteiger partial charge is 0.224 e. The number of rotatable bonds is 7. The van der Waals surface area contributed by atoms with E-state index in [2.05, 4.69) is 0 Å². The van der Waals surface area contributed by atoms with Crippen LogP contribution in [0.4, 0.5) is 57.1 Å². The molecule has 0 fully saturated rings. The van der Waals surface area contributed by atoms with Gasteiger partial charge in [0.15, 0.2) is 0 Å². The molecule has 3 atom stereocenters. The molecular weight excluding hydrogens is 530 g/mol. The molecule has 0 aromatic rings. The standard InChI is InChI=1S/C13H14F13I/c1-2-8(27)4-6(10(15,16)17)3-7(11(18,19)20)5-9(14,12(21,22)23)13(24,25)26/h6-8H,2-5H2,1H3. The Bertz CT molecular complexity index is 445. The quantitative estimate of drug-likeness (QED) is 0.176. The van der Waals surface area contributed by atoms with Crippen LogP contribution in [0.25, 0.3) is 0 Å². The molecule has 0 radical (unpaired) electrons. The normalized spacial score (nSPS) is 18.3. The number of hydrogen-bond donors (Lipinski definition) is 0. The van der Waals surface area contributed by atoms with Gasteiger partial charge in [-0.25, -0.2) is 4.39 Å². The Kier molecular flexibility index (Phi) is 8.62. The van der Waals surface area contributed by atoms with Crippen molar-refractivity contribution in [2.75, 3.05) is 0 Å². The van der Waals surface area contributed by atoms with Crippen molar-refractivity contribution in [2.24, 2.45) is 11.8 Å². The summed E-state index contributed by atoms with van der Waals surface area (Å²) in [4.78, 5) is 0. The van der Waals surface area contributed by atoms with Crippen LogP contribution in [-0.4, -0.2) is 34.3 Å². The van der Waals surface area contributed by atoms with Gasteiger partial charge >= 0.3 is 24.7 Å². The first-order chi connectivity index (χ1) is 11.7. The lowest BCUT2D eigenvalue weighted by Gasteiger charge is -2.35. The summed E-state index contributed by atoms with van der Waals surface area (Å²) in [5.74, 6) is -6.63. The van der Waals surface area contributed by atoms with Crippen molar-refractivity contribution in [1.29, 1.82) is 0 Å². The van der Waals surface area contributed by atoms with E-state index in [-0.39, 0.29) is 6.42 Å². The van der Waals surface area contributed by atoms with Crippen LogP contribution >= 0.6 is 22.6 Å². The third kappa shape index (κ3) is 7.29. The van der Waals surface area contributed by atoms with E-state index in [4.69, 9.17) is 0 Å². The Morgan fingerprint density at radius 3 is 1.26 bits per heavy atom. The molecular formula is C13H14F13I. The number of halogens is 14. The average Bonchev–Trinajstić information content (AvgIpc) is 2.40. The average molecular weight is 544 g/mol. The van der Waals surface area contributed by atoms with Gasteiger partial charge in [-0.1, -0.05) is 29.5 Å². The molecule has 0 saturated carbocycles.